The van der Waals surface area contributed by atoms with Gasteiger partial charge in [0, 0.05) is 11.3 Å². The molecule has 0 aliphatic carbocycles. The molecule has 0 radical (unpaired) electrons. The third-order valence-corrected chi connectivity index (χ3v) is 6.26. The molecule has 1 aromatic heterocycles. The summed E-state index contributed by atoms with van der Waals surface area (Å²) in [5.74, 6) is 1.64. The Balaban J connectivity index is 1.84. The second kappa shape index (κ2) is 7.09. The molecule has 0 saturated heterocycles. The van der Waals surface area contributed by atoms with E-state index in [0.29, 0.717) is 17.3 Å². The minimum atomic E-state index is -2.95. The maximum atomic E-state index is 11.7. The van der Waals surface area contributed by atoms with E-state index in [0.717, 1.165) is 11.4 Å². The van der Waals surface area contributed by atoms with Crippen molar-refractivity contribution in [2.45, 2.75) is 30.7 Å². The number of hydrogen-bond donors (Lipinski definition) is 1. The smallest absolute Gasteiger partial charge is 0.208 e. The van der Waals surface area contributed by atoms with Crippen molar-refractivity contribution in [3.63, 3.8) is 0 Å². The number of aromatic nitrogens is 3. The summed E-state index contributed by atoms with van der Waals surface area (Å²) in [5, 5.41) is 7.38. The van der Waals surface area contributed by atoms with Crippen LogP contribution in [0, 0.1) is 0 Å². The van der Waals surface area contributed by atoms with Crippen LogP contribution in [-0.2, 0) is 9.84 Å². The van der Waals surface area contributed by atoms with Crippen LogP contribution in [0.1, 0.15) is 20.3 Å². The number of H-pyrrole nitrogens is 1. The third kappa shape index (κ3) is 4.57. The fourth-order valence-corrected chi connectivity index (χ4v) is 3.63. The van der Waals surface area contributed by atoms with Crippen molar-refractivity contribution in [2.24, 2.45) is 0 Å². The second-order valence-electron chi connectivity index (χ2n) is 4.95. The van der Waals surface area contributed by atoms with Crippen molar-refractivity contribution in [1.82, 2.24) is 15.2 Å². The number of nitrogens with zero attached hydrogens (tertiary/aromatic N) is 2. The Bertz CT molecular complexity index is 667. The highest BCUT2D eigenvalue weighted by Crippen LogP contribution is 2.19. The van der Waals surface area contributed by atoms with Crippen LogP contribution in [0.2, 0.25) is 0 Å². The van der Waals surface area contributed by atoms with E-state index < -0.39 is 9.84 Å². The zero-order valence-electron chi connectivity index (χ0n) is 12.1. The van der Waals surface area contributed by atoms with Gasteiger partial charge in [-0.2, -0.15) is 0 Å². The molecule has 0 amide bonds. The number of rotatable bonds is 7. The van der Waals surface area contributed by atoms with Gasteiger partial charge in [-0.05, 0) is 20.3 Å². The molecule has 2 aromatic rings. The van der Waals surface area contributed by atoms with Gasteiger partial charge >= 0.3 is 0 Å². The molecule has 114 valence electrons. The first-order chi connectivity index (χ1) is 9.99. The van der Waals surface area contributed by atoms with Crippen molar-refractivity contribution in [3.05, 3.63) is 30.3 Å². The Kier molecular flexibility index (Phi) is 5.41. The molecule has 1 N–H and O–H groups in total. The standard InChI is InChI=1S/C14H19N3O2S2/c1-11(2)21(18,19)10-6-9-20-14-15-13(16-17-14)12-7-4-3-5-8-12/h3-5,7-8,11H,6,9-10H2,1-2H3,(H,15,16,17). The van der Waals surface area contributed by atoms with Crippen LogP contribution in [-0.4, -0.2) is 40.4 Å². The van der Waals surface area contributed by atoms with E-state index in [9.17, 15) is 8.42 Å². The second-order valence-corrected chi connectivity index (χ2v) is 8.69. The predicted octanol–water partition coefficient (Wildman–Crippen LogP) is 2.78. The average Bonchev–Trinajstić information content (AvgIpc) is 2.93. The average molecular weight is 325 g/mol. The van der Waals surface area contributed by atoms with Crippen LogP contribution in [0.25, 0.3) is 11.4 Å². The zero-order valence-corrected chi connectivity index (χ0v) is 13.7. The SMILES string of the molecule is CC(C)S(=O)(=O)CCCSc1n[nH]c(-c2ccccc2)n1. The molecule has 0 aliphatic heterocycles. The molecule has 0 spiro atoms. The van der Waals surface area contributed by atoms with Crippen molar-refractivity contribution >= 4 is 21.6 Å². The monoisotopic (exact) mass is 325 g/mol. The molecular formula is C14H19N3O2S2. The summed E-state index contributed by atoms with van der Waals surface area (Å²) in [6.45, 7) is 3.42. The van der Waals surface area contributed by atoms with Gasteiger partial charge < -0.3 is 0 Å². The maximum absolute atomic E-state index is 11.7. The zero-order chi connectivity index (χ0) is 15.3. The molecular weight excluding hydrogens is 306 g/mol. The number of sulfone groups is 1. The number of nitrogens with one attached hydrogen (secondary N) is 1. The molecule has 0 unspecified atom stereocenters. The summed E-state index contributed by atoms with van der Waals surface area (Å²) in [4.78, 5) is 4.40. The van der Waals surface area contributed by atoms with Gasteiger partial charge in [-0.25, -0.2) is 13.4 Å². The topological polar surface area (TPSA) is 75.7 Å². The third-order valence-electron chi connectivity index (χ3n) is 3.03. The molecule has 0 saturated carbocycles. The van der Waals surface area contributed by atoms with Gasteiger partial charge in [0.15, 0.2) is 15.7 Å². The van der Waals surface area contributed by atoms with E-state index in [1.807, 2.05) is 30.3 Å². The molecule has 1 heterocycles. The predicted molar refractivity (Wildman–Crippen MR) is 86.1 cm³/mol. The molecule has 0 atom stereocenters. The van der Waals surface area contributed by atoms with Crippen molar-refractivity contribution in [3.8, 4) is 11.4 Å². The van der Waals surface area contributed by atoms with Gasteiger partial charge in [0.05, 0.1) is 11.0 Å². The van der Waals surface area contributed by atoms with E-state index in [-0.39, 0.29) is 11.0 Å². The lowest BCUT2D eigenvalue weighted by Gasteiger charge is -2.06. The molecule has 7 heteroatoms. The number of aromatic amines is 1. The maximum Gasteiger partial charge on any atom is 0.208 e. The summed E-state index contributed by atoms with van der Waals surface area (Å²) >= 11 is 1.47. The van der Waals surface area contributed by atoms with Gasteiger partial charge in [0.2, 0.25) is 5.16 Å². The molecule has 1 aromatic carbocycles. The molecule has 0 bridgehead atoms. The first-order valence-corrected chi connectivity index (χ1v) is 9.51. The van der Waals surface area contributed by atoms with E-state index in [4.69, 9.17) is 0 Å². The lowest BCUT2D eigenvalue weighted by Crippen LogP contribution is -2.18. The van der Waals surface area contributed by atoms with Gasteiger partial charge in [-0.1, -0.05) is 42.1 Å². The van der Waals surface area contributed by atoms with Crippen LogP contribution >= 0.6 is 11.8 Å². The molecule has 5 nitrogen and oxygen atoms in total. The lowest BCUT2D eigenvalue weighted by molar-refractivity contribution is 0.586. The molecule has 2 rings (SSSR count). The normalized spacial score (nSPS) is 12.0. The number of thioether (sulfide) groups is 1. The van der Waals surface area contributed by atoms with Crippen molar-refractivity contribution in [2.75, 3.05) is 11.5 Å². The largest absolute Gasteiger partial charge is 0.258 e. The lowest BCUT2D eigenvalue weighted by atomic mass is 10.2. The highest BCUT2D eigenvalue weighted by Gasteiger charge is 2.15. The van der Waals surface area contributed by atoms with Crippen molar-refractivity contribution < 1.29 is 8.42 Å². The van der Waals surface area contributed by atoms with Crippen molar-refractivity contribution in [1.29, 1.82) is 0 Å². The summed E-state index contributed by atoms with van der Waals surface area (Å²) in [6, 6.07) is 9.77. The summed E-state index contributed by atoms with van der Waals surface area (Å²) in [7, 11) is -2.95. The molecule has 0 fully saturated rings. The molecule has 0 aliphatic rings. The van der Waals surface area contributed by atoms with Crippen LogP contribution in [0.15, 0.2) is 35.5 Å². The fourth-order valence-electron chi connectivity index (χ4n) is 1.70. The quantitative estimate of drug-likeness (QED) is 0.626. The van der Waals surface area contributed by atoms with E-state index in [1.165, 1.54) is 11.8 Å². The number of hydrogen-bond acceptors (Lipinski definition) is 5. The highest BCUT2D eigenvalue weighted by atomic mass is 32.2. The Morgan fingerprint density at radius 1 is 1.24 bits per heavy atom. The Hall–Kier alpha value is -1.34. The van der Waals surface area contributed by atoms with E-state index >= 15 is 0 Å². The minimum absolute atomic E-state index is 0.216. The highest BCUT2D eigenvalue weighted by molar-refractivity contribution is 7.99. The van der Waals surface area contributed by atoms with Crippen LogP contribution in [0.4, 0.5) is 0 Å². The first-order valence-electron chi connectivity index (χ1n) is 6.81. The minimum Gasteiger partial charge on any atom is -0.258 e. The Labute approximate surface area is 129 Å². The van der Waals surface area contributed by atoms with Gasteiger partial charge in [0.25, 0.3) is 0 Å². The van der Waals surface area contributed by atoms with E-state index in [1.54, 1.807) is 13.8 Å². The van der Waals surface area contributed by atoms with Crippen LogP contribution in [0.5, 0.6) is 0 Å². The Morgan fingerprint density at radius 2 is 1.95 bits per heavy atom. The van der Waals surface area contributed by atoms with E-state index in [2.05, 4.69) is 15.2 Å². The van der Waals surface area contributed by atoms with Gasteiger partial charge in [0.1, 0.15) is 0 Å². The first kappa shape index (κ1) is 16.0. The molecule has 21 heavy (non-hydrogen) atoms. The van der Waals surface area contributed by atoms with Crippen LogP contribution < -0.4 is 0 Å². The summed E-state index contributed by atoms with van der Waals surface area (Å²) in [6.07, 6.45) is 0.611. The Morgan fingerprint density at radius 3 is 2.62 bits per heavy atom. The summed E-state index contributed by atoms with van der Waals surface area (Å²) < 4.78 is 23.4. The van der Waals surface area contributed by atoms with Gasteiger partial charge in [-0.15, -0.1) is 5.10 Å². The summed E-state index contributed by atoms with van der Waals surface area (Å²) in [5.41, 5.74) is 0.985. The fraction of sp³-hybridized carbons (Fsp3) is 0.429. The van der Waals surface area contributed by atoms with Crippen LogP contribution in [0.3, 0.4) is 0 Å². The van der Waals surface area contributed by atoms with Gasteiger partial charge in [-0.3, -0.25) is 5.10 Å². The number of benzene rings is 1.